The molecule has 94 valence electrons. The van der Waals surface area contributed by atoms with E-state index in [1.54, 1.807) is 0 Å². The second kappa shape index (κ2) is 7.75. The average molecular weight is 343 g/mol. The van der Waals surface area contributed by atoms with Crippen molar-refractivity contribution in [2.45, 2.75) is 32.6 Å². The van der Waals surface area contributed by atoms with Crippen molar-refractivity contribution in [2.75, 3.05) is 18.0 Å². The van der Waals surface area contributed by atoms with Crippen molar-refractivity contribution in [2.24, 2.45) is 0 Å². The van der Waals surface area contributed by atoms with Crippen LogP contribution in [0.1, 0.15) is 38.2 Å². The van der Waals surface area contributed by atoms with Gasteiger partial charge in [-0.2, -0.15) is 0 Å². The Morgan fingerprint density at radius 3 is 2.76 bits per heavy atom. The molecule has 0 radical (unpaired) electrons. The molecule has 0 fully saturated rings. The highest BCUT2D eigenvalue weighted by Gasteiger charge is 2.10. The largest absolute Gasteiger partial charge is 0.367 e. The van der Waals surface area contributed by atoms with E-state index in [0.717, 1.165) is 6.54 Å². The summed E-state index contributed by atoms with van der Waals surface area (Å²) in [6.07, 6.45) is 9.86. The molecule has 1 aliphatic heterocycles. The van der Waals surface area contributed by atoms with E-state index in [1.165, 1.54) is 43.5 Å². The van der Waals surface area contributed by atoms with E-state index in [-0.39, 0.29) is 24.0 Å². The van der Waals surface area contributed by atoms with E-state index in [9.17, 15) is 0 Å². The number of para-hydroxylation sites is 1. The van der Waals surface area contributed by atoms with E-state index in [2.05, 4.69) is 48.2 Å². The van der Waals surface area contributed by atoms with Crippen LogP contribution in [-0.4, -0.2) is 13.1 Å². The topological polar surface area (TPSA) is 3.24 Å². The summed E-state index contributed by atoms with van der Waals surface area (Å²) >= 11 is 0. The number of hydrogen-bond donors (Lipinski definition) is 0. The summed E-state index contributed by atoms with van der Waals surface area (Å²) in [5.41, 5.74) is 2.77. The Hall–Kier alpha value is -0.510. The summed E-state index contributed by atoms with van der Waals surface area (Å²) in [6.45, 7) is 4.53. The van der Waals surface area contributed by atoms with Crippen LogP contribution in [0.5, 0.6) is 0 Å². The zero-order valence-corrected chi connectivity index (χ0v) is 12.9. The third-order valence-corrected chi connectivity index (χ3v) is 3.18. The minimum absolute atomic E-state index is 0. The van der Waals surface area contributed by atoms with E-state index in [4.69, 9.17) is 0 Å². The molecule has 2 heteroatoms. The summed E-state index contributed by atoms with van der Waals surface area (Å²) in [4.78, 5) is 2.49. The zero-order chi connectivity index (χ0) is 11.2. The third kappa shape index (κ3) is 4.02. The number of rotatable bonds is 5. The van der Waals surface area contributed by atoms with Gasteiger partial charge >= 0.3 is 0 Å². The number of benzene rings is 1. The molecule has 1 aliphatic rings. The van der Waals surface area contributed by atoms with Crippen molar-refractivity contribution < 1.29 is 0 Å². The summed E-state index contributed by atoms with van der Waals surface area (Å²) in [6, 6.07) is 8.68. The van der Waals surface area contributed by atoms with Gasteiger partial charge in [-0.25, -0.2) is 0 Å². The van der Waals surface area contributed by atoms with E-state index >= 15 is 0 Å². The monoisotopic (exact) mass is 343 g/mol. The fourth-order valence-corrected chi connectivity index (χ4v) is 2.26. The van der Waals surface area contributed by atoms with Gasteiger partial charge in [-0.05, 0) is 18.1 Å². The normalized spacial score (nSPS) is 13.1. The Balaban J connectivity index is 0.00000144. The SMILES string of the molecule is CCCCCCN1CC=Cc2ccccc21.I. The molecule has 1 heterocycles. The highest BCUT2D eigenvalue weighted by atomic mass is 127. The molecule has 17 heavy (non-hydrogen) atoms. The van der Waals surface area contributed by atoms with Crippen molar-refractivity contribution in [1.82, 2.24) is 0 Å². The van der Waals surface area contributed by atoms with Gasteiger partial charge in [0.05, 0.1) is 0 Å². The molecule has 0 spiro atoms. The first-order valence-corrected chi connectivity index (χ1v) is 6.42. The van der Waals surface area contributed by atoms with Crippen LogP contribution in [0.3, 0.4) is 0 Å². The van der Waals surface area contributed by atoms with Gasteiger partial charge in [-0.1, -0.05) is 56.5 Å². The quantitative estimate of drug-likeness (QED) is 0.552. The molecule has 0 bridgehead atoms. The first-order valence-electron chi connectivity index (χ1n) is 6.42. The second-order valence-corrected chi connectivity index (χ2v) is 4.47. The molecule has 0 aliphatic carbocycles. The summed E-state index contributed by atoms with van der Waals surface area (Å²) < 4.78 is 0. The number of anilines is 1. The average Bonchev–Trinajstić information content (AvgIpc) is 2.35. The van der Waals surface area contributed by atoms with Crippen LogP contribution in [0.15, 0.2) is 30.3 Å². The molecule has 1 aromatic rings. The Morgan fingerprint density at radius 2 is 1.94 bits per heavy atom. The molecule has 1 nitrogen and oxygen atoms in total. The smallest absolute Gasteiger partial charge is 0.0442 e. The van der Waals surface area contributed by atoms with Crippen molar-refractivity contribution in [1.29, 1.82) is 0 Å². The highest BCUT2D eigenvalue weighted by molar-refractivity contribution is 14.0. The molecule has 0 saturated carbocycles. The van der Waals surface area contributed by atoms with Crippen molar-refractivity contribution in [3.8, 4) is 0 Å². The zero-order valence-electron chi connectivity index (χ0n) is 10.6. The fourth-order valence-electron chi connectivity index (χ4n) is 2.26. The standard InChI is InChI=1S/C15H21N.HI/c1-2-3-4-7-12-16-13-8-10-14-9-5-6-11-15(14)16;/h5-6,8-11H,2-4,7,12-13H2,1H3;1H. The first kappa shape index (κ1) is 14.6. The van der Waals surface area contributed by atoms with Crippen LogP contribution in [0.4, 0.5) is 5.69 Å². The highest BCUT2D eigenvalue weighted by Crippen LogP contribution is 2.25. The predicted molar refractivity (Wildman–Crippen MR) is 87.2 cm³/mol. The molecule has 2 rings (SSSR count). The molecule has 1 aromatic carbocycles. The summed E-state index contributed by atoms with van der Waals surface area (Å²) in [5, 5.41) is 0. The van der Waals surface area contributed by atoms with Crippen molar-refractivity contribution in [3.05, 3.63) is 35.9 Å². The molecule has 0 atom stereocenters. The lowest BCUT2D eigenvalue weighted by Crippen LogP contribution is -2.26. The van der Waals surface area contributed by atoms with Gasteiger partial charge in [0.25, 0.3) is 0 Å². The van der Waals surface area contributed by atoms with Crippen LogP contribution in [-0.2, 0) is 0 Å². The minimum Gasteiger partial charge on any atom is -0.367 e. The lowest BCUT2D eigenvalue weighted by Gasteiger charge is -2.28. The van der Waals surface area contributed by atoms with Gasteiger partial charge in [0, 0.05) is 18.8 Å². The third-order valence-electron chi connectivity index (χ3n) is 3.18. The van der Waals surface area contributed by atoms with Gasteiger partial charge in [-0.3, -0.25) is 0 Å². The van der Waals surface area contributed by atoms with Gasteiger partial charge in [0.2, 0.25) is 0 Å². The Bertz CT molecular complexity index is 360. The molecule has 0 unspecified atom stereocenters. The maximum atomic E-state index is 2.49. The second-order valence-electron chi connectivity index (χ2n) is 4.47. The Labute approximate surface area is 122 Å². The first-order chi connectivity index (χ1) is 7.92. The number of unbranched alkanes of at least 4 members (excludes halogenated alkanes) is 3. The van der Waals surface area contributed by atoms with Crippen LogP contribution < -0.4 is 4.90 Å². The number of nitrogens with zero attached hydrogens (tertiary/aromatic N) is 1. The molecule has 0 saturated heterocycles. The molecule has 0 amide bonds. The summed E-state index contributed by atoms with van der Waals surface area (Å²) in [5.74, 6) is 0. The van der Waals surface area contributed by atoms with E-state index in [1.807, 2.05) is 0 Å². The lowest BCUT2D eigenvalue weighted by atomic mass is 10.1. The van der Waals surface area contributed by atoms with Gasteiger partial charge in [-0.15, -0.1) is 24.0 Å². The molecular weight excluding hydrogens is 321 g/mol. The van der Waals surface area contributed by atoms with Crippen LogP contribution in [0.2, 0.25) is 0 Å². The van der Waals surface area contributed by atoms with Crippen LogP contribution in [0, 0.1) is 0 Å². The predicted octanol–water partition coefficient (Wildman–Crippen LogP) is 4.72. The van der Waals surface area contributed by atoms with Crippen molar-refractivity contribution in [3.63, 3.8) is 0 Å². The maximum absolute atomic E-state index is 2.49. The van der Waals surface area contributed by atoms with E-state index < -0.39 is 0 Å². The van der Waals surface area contributed by atoms with Gasteiger partial charge < -0.3 is 4.90 Å². The Kier molecular flexibility index (Phi) is 6.63. The van der Waals surface area contributed by atoms with Crippen LogP contribution in [0.25, 0.3) is 6.08 Å². The summed E-state index contributed by atoms with van der Waals surface area (Å²) in [7, 11) is 0. The van der Waals surface area contributed by atoms with E-state index in [0.29, 0.717) is 0 Å². The molecule has 0 N–H and O–H groups in total. The number of halogens is 1. The minimum atomic E-state index is 0. The van der Waals surface area contributed by atoms with Gasteiger partial charge in [0.1, 0.15) is 0 Å². The number of fused-ring (bicyclic) bond motifs is 1. The molecule has 0 aromatic heterocycles. The van der Waals surface area contributed by atoms with Gasteiger partial charge in [0.15, 0.2) is 0 Å². The number of hydrogen-bond acceptors (Lipinski definition) is 1. The van der Waals surface area contributed by atoms with Crippen LogP contribution >= 0.6 is 24.0 Å². The fraction of sp³-hybridized carbons (Fsp3) is 0.467. The molecular formula is C15H22IN. The lowest BCUT2D eigenvalue weighted by molar-refractivity contribution is 0.653. The maximum Gasteiger partial charge on any atom is 0.0442 e. The Morgan fingerprint density at radius 1 is 1.12 bits per heavy atom. The van der Waals surface area contributed by atoms with Crippen molar-refractivity contribution >= 4 is 35.7 Å².